The summed E-state index contributed by atoms with van der Waals surface area (Å²) in [4.78, 5) is 39.4. The molecule has 3 amide bonds. The SMILES string of the molecule is O=C1CCC(C(=O)N2CCN(C(=O)CCc3ccc(F)cc3)CC2)N1. The zero-order chi connectivity index (χ0) is 17.8. The van der Waals surface area contributed by atoms with Gasteiger partial charge in [0, 0.05) is 39.0 Å². The highest BCUT2D eigenvalue weighted by Crippen LogP contribution is 2.13. The van der Waals surface area contributed by atoms with E-state index in [0.717, 1.165) is 5.56 Å². The van der Waals surface area contributed by atoms with Gasteiger partial charge in [0.2, 0.25) is 17.7 Å². The quantitative estimate of drug-likeness (QED) is 0.872. The zero-order valence-electron chi connectivity index (χ0n) is 14.0. The average molecular weight is 347 g/mol. The lowest BCUT2D eigenvalue weighted by atomic mass is 10.1. The number of nitrogens with one attached hydrogen (secondary N) is 1. The summed E-state index contributed by atoms with van der Waals surface area (Å²) < 4.78 is 12.9. The maximum absolute atomic E-state index is 12.9. The molecule has 0 spiro atoms. The van der Waals surface area contributed by atoms with Gasteiger partial charge >= 0.3 is 0 Å². The van der Waals surface area contributed by atoms with Crippen LogP contribution in [0, 0.1) is 5.82 Å². The molecule has 3 rings (SSSR count). The van der Waals surface area contributed by atoms with E-state index in [2.05, 4.69) is 5.32 Å². The van der Waals surface area contributed by atoms with Crippen LogP contribution in [0.3, 0.4) is 0 Å². The minimum Gasteiger partial charge on any atom is -0.344 e. The van der Waals surface area contributed by atoms with Crippen LogP contribution < -0.4 is 5.32 Å². The van der Waals surface area contributed by atoms with Gasteiger partial charge in [-0.2, -0.15) is 0 Å². The highest BCUT2D eigenvalue weighted by molar-refractivity contribution is 5.91. The molecule has 25 heavy (non-hydrogen) atoms. The summed E-state index contributed by atoms with van der Waals surface area (Å²) >= 11 is 0. The van der Waals surface area contributed by atoms with Gasteiger partial charge in [-0.3, -0.25) is 14.4 Å². The van der Waals surface area contributed by atoms with Crippen LogP contribution in [-0.2, 0) is 20.8 Å². The number of hydrogen-bond acceptors (Lipinski definition) is 3. The second-order valence-corrected chi connectivity index (χ2v) is 6.49. The Balaban J connectivity index is 1.43. The van der Waals surface area contributed by atoms with Crippen molar-refractivity contribution in [2.75, 3.05) is 26.2 Å². The predicted molar refractivity (Wildman–Crippen MR) is 89.0 cm³/mol. The smallest absolute Gasteiger partial charge is 0.245 e. The Bertz CT molecular complexity index is 654. The van der Waals surface area contributed by atoms with Crippen molar-refractivity contribution in [3.63, 3.8) is 0 Å². The highest BCUT2D eigenvalue weighted by atomic mass is 19.1. The van der Waals surface area contributed by atoms with Crippen molar-refractivity contribution < 1.29 is 18.8 Å². The molecule has 0 saturated carbocycles. The molecule has 134 valence electrons. The minimum absolute atomic E-state index is 0.0468. The van der Waals surface area contributed by atoms with E-state index in [1.807, 2.05) is 0 Å². The molecule has 2 aliphatic heterocycles. The topological polar surface area (TPSA) is 69.7 Å². The summed E-state index contributed by atoms with van der Waals surface area (Å²) in [5.41, 5.74) is 0.931. The first kappa shape index (κ1) is 17.4. The number of benzene rings is 1. The van der Waals surface area contributed by atoms with Crippen molar-refractivity contribution in [3.05, 3.63) is 35.6 Å². The van der Waals surface area contributed by atoms with Crippen molar-refractivity contribution >= 4 is 17.7 Å². The fraction of sp³-hybridized carbons (Fsp3) is 0.500. The first-order chi connectivity index (χ1) is 12.0. The Morgan fingerprint density at radius 2 is 1.72 bits per heavy atom. The number of piperazine rings is 1. The van der Waals surface area contributed by atoms with Crippen molar-refractivity contribution in [3.8, 4) is 0 Å². The highest BCUT2D eigenvalue weighted by Gasteiger charge is 2.32. The minimum atomic E-state index is -0.409. The Morgan fingerprint density at radius 1 is 1.08 bits per heavy atom. The van der Waals surface area contributed by atoms with Crippen LogP contribution in [0.25, 0.3) is 0 Å². The average Bonchev–Trinajstić information content (AvgIpc) is 3.07. The number of carbonyl (C=O) groups is 3. The fourth-order valence-electron chi connectivity index (χ4n) is 3.26. The Hall–Kier alpha value is -2.44. The van der Waals surface area contributed by atoms with Crippen LogP contribution in [0.1, 0.15) is 24.8 Å². The Morgan fingerprint density at radius 3 is 2.32 bits per heavy atom. The molecule has 2 saturated heterocycles. The van der Waals surface area contributed by atoms with Gasteiger partial charge < -0.3 is 15.1 Å². The van der Waals surface area contributed by atoms with E-state index in [9.17, 15) is 18.8 Å². The van der Waals surface area contributed by atoms with Gasteiger partial charge in [0.05, 0.1) is 0 Å². The molecule has 0 aliphatic carbocycles. The molecule has 2 heterocycles. The maximum atomic E-state index is 12.9. The maximum Gasteiger partial charge on any atom is 0.245 e. The number of hydrogen-bond donors (Lipinski definition) is 1. The summed E-state index contributed by atoms with van der Waals surface area (Å²) in [7, 11) is 0. The third kappa shape index (κ3) is 4.35. The van der Waals surface area contributed by atoms with Gasteiger partial charge in [0.25, 0.3) is 0 Å². The largest absolute Gasteiger partial charge is 0.344 e. The predicted octanol–water partition coefficient (Wildman–Crippen LogP) is 0.708. The summed E-state index contributed by atoms with van der Waals surface area (Å²) in [6.07, 6.45) is 1.90. The Labute approximate surface area is 146 Å². The molecule has 0 aromatic heterocycles. The zero-order valence-corrected chi connectivity index (χ0v) is 14.0. The summed E-state index contributed by atoms with van der Waals surface area (Å²) in [5.74, 6) is -0.364. The first-order valence-corrected chi connectivity index (χ1v) is 8.63. The molecule has 2 aliphatic rings. The number of nitrogens with zero attached hydrogens (tertiary/aromatic N) is 2. The molecule has 1 aromatic rings. The van der Waals surface area contributed by atoms with Crippen molar-refractivity contribution in [1.29, 1.82) is 0 Å². The van der Waals surface area contributed by atoms with Gasteiger partial charge in [-0.05, 0) is 30.5 Å². The Kier molecular flexibility index (Phi) is 5.31. The lowest BCUT2D eigenvalue weighted by molar-refractivity contribution is -0.140. The first-order valence-electron chi connectivity index (χ1n) is 8.63. The molecule has 1 aromatic carbocycles. The lowest BCUT2D eigenvalue weighted by Gasteiger charge is -2.36. The number of amides is 3. The van der Waals surface area contributed by atoms with Crippen molar-refractivity contribution in [2.24, 2.45) is 0 Å². The van der Waals surface area contributed by atoms with Crippen LogP contribution in [0.4, 0.5) is 4.39 Å². The van der Waals surface area contributed by atoms with Gasteiger partial charge in [0.1, 0.15) is 11.9 Å². The fourth-order valence-corrected chi connectivity index (χ4v) is 3.26. The van der Waals surface area contributed by atoms with E-state index >= 15 is 0 Å². The third-order valence-corrected chi connectivity index (χ3v) is 4.78. The summed E-state index contributed by atoms with van der Waals surface area (Å²) in [5, 5.41) is 2.69. The normalized spacial score (nSPS) is 20.5. The summed E-state index contributed by atoms with van der Waals surface area (Å²) in [6.45, 7) is 2.00. The molecule has 1 atom stereocenters. The van der Waals surface area contributed by atoms with Gasteiger partial charge in [-0.25, -0.2) is 4.39 Å². The molecule has 1 unspecified atom stereocenters. The second kappa shape index (κ2) is 7.63. The molecule has 7 heteroatoms. The van der Waals surface area contributed by atoms with Gasteiger partial charge in [0.15, 0.2) is 0 Å². The van der Waals surface area contributed by atoms with Crippen LogP contribution in [-0.4, -0.2) is 59.7 Å². The molecule has 0 bridgehead atoms. The lowest BCUT2D eigenvalue weighted by Crippen LogP contribution is -2.54. The van der Waals surface area contributed by atoms with E-state index in [1.165, 1.54) is 12.1 Å². The standard InChI is InChI=1S/C18H22FN3O3/c19-14-4-1-13(2-5-14)3-8-17(24)21-9-11-22(12-10-21)18(25)15-6-7-16(23)20-15/h1-2,4-5,15H,3,6-12H2,(H,20,23). The van der Waals surface area contributed by atoms with Crippen LogP contribution in [0.15, 0.2) is 24.3 Å². The van der Waals surface area contributed by atoms with E-state index < -0.39 is 6.04 Å². The molecular formula is C18H22FN3O3. The van der Waals surface area contributed by atoms with E-state index in [4.69, 9.17) is 0 Å². The van der Waals surface area contributed by atoms with Crippen LogP contribution >= 0.6 is 0 Å². The molecule has 2 fully saturated rings. The van der Waals surface area contributed by atoms with Crippen LogP contribution in [0.5, 0.6) is 0 Å². The van der Waals surface area contributed by atoms with Gasteiger partial charge in [-0.15, -0.1) is 0 Å². The molecule has 1 N–H and O–H groups in total. The van der Waals surface area contributed by atoms with Gasteiger partial charge in [-0.1, -0.05) is 12.1 Å². The molecular weight excluding hydrogens is 325 g/mol. The summed E-state index contributed by atoms with van der Waals surface area (Å²) in [6, 6.07) is 5.76. The molecule has 6 nitrogen and oxygen atoms in total. The van der Waals surface area contributed by atoms with E-state index in [1.54, 1.807) is 21.9 Å². The van der Waals surface area contributed by atoms with Crippen LogP contribution in [0.2, 0.25) is 0 Å². The number of halogens is 1. The number of carbonyl (C=O) groups excluding carboxylic acids is 3. The third-order valence-electron chi connectivity index (χ3n) is 4.78. The van der Waals surface area contributed by atoms with E-state index in [0.29, 0.717) is 51.9 Å². The van der Waals surface area contributed by atoms with E-state index in [-0.39, 0.29) is 23.5 Å². The number of rotatable bonds is 4. The monoisotopic (exact) mass is 347 g/mol. The molecule has 0 radical (unpaired) electrons. The van der Waals surface area contributed by atoms with Crippen molar-refractivity contribution in [1.82, 2.24) is 15.1 Å². The second-order valence-electron chi connectivity index (χ2n) is 6.49. The van der Waals surface area contributed by atoms with Crippen molar-refractivity contribution in [2.45, 2.75) is 31.7 Å². The number of aryl methyl sites for hydroxylation is 1.